The van der Waals surface area contributed by atoms with Crippen LogP contribution in [0.4, 0.5) is 5.82 Å². The van der Waals surface area contributed by atoms with Crippen molar-refractivity contribution in [2.24, 2.45) is 11.8 Å². The van der Waals surface area contributed by atoms with Crippen molar-refractivity contribution in [1.29, 1.82) is 0 Å². The number of halogens is 1. The Balaban J connectivity index is 1.79. The molecule has 1 atom stereocenters. The maximum absolute atomic E-state index is 12.0. The smallest absolute Gasteiger partial charge is 0.228 e. The molecule has 2 heterocycles. The maximum Gasteiger partial charge on any atom is 0.228 e. The quantitative estimate of drug-likeness (QED) is 0.947. The molecule has 1 N–H and O–H groups in total. The van der Waals surface area contributed by atoms with Crippen LogP contribution in [0.3, 0.4) is 0 Å². The average Bonchev–Trinajstić information content (AvgIpc) is 3.10. The van der Waals surface area contributed by atoms with E-state index in [4.69, 9.17) is 0 Å². The summed E-state index contributed by atoms with van der Waals surface area (Å²) < 4.78 is 2.56. The van der Waals surface area contributed by atoms with Crippen molar-refractivity contribution >= 4 is 33.3 Å². The zero-order chi connectivity index (χ0) is 12.7. The highest BCUT2D eigenvalue weighted by molar-refractivity contribution is 9.10. The van der Waals surface area contributed by atoms with Gasteiger partial charge < -0.3 is 9.72 Å². The Morgan fingerprint density at radius 3 is 3.06 bits per heavy atom. The number of hydrogen-bond donors (Lipinski definition) is 1. The lowest BCUT2D eigenvalue weighted by atomic mass is 10.1. The lowest BCUT2D eigenvalue weighted by molar-refractivity contribution is -0.119. The average molecular weight is 309 g/mol. The van der Waals surface area contributed by atoms with Crippen molar-refractivity contribution in [3.63, 3.8) is 0 Å². The van der Waals surface area contributed by atoms with Crippen molar-refractivity contribution in [1.82, 2.24) is 14.4 Å². The minimum absolute atomic E-state index is 0.0490. The number of nitrogens with one attached hydrogen (secondary N) is 1. The number of aromatic nitrogens is 3. The molecular formula is C12H13BrN4O. The highest BCUT2D eigenvalue weighted by Crippen LogP contribution is 2.36. The topological polar surface area (TPSA) is 59.3 Å². The minimum atomic E-state index is 0.0490. The predicted octanol–water partition coefficient (Wildman–Crippen LogP) is 2.48. The largest absolute Gasteiger partial charge is 0.309 e. The molecule has 6 heteroatoms. The van der Waals surface area contributed by atoms with Crippen LogP contribution in [-0.2, 0) is 4.79 Å². The Kier molecular flexibility index (Phi) is 2.81. The molecule has 94 valence electrons. The molecule has 0 aromatic carbocycles. The standard InChI is InChI=1S/C12H13BrN4O/c1-7(8-2-3-8)12(18)16-10-6-17-5-9(13)14-4-11(17)15-10/h4-8H,2-3H2,1H3,(H,16,18)/t7-/m0/s1. The van der Waals surface area contributed by atoms with Gasteiger partial charge in [-0.05, 0) is 34.7 Å². The van der Waals surface area contributed by atoms with E-state index < -0.39 is 0 Å². The Labute approximate surface area is 113 Å². The maximum atomic E-state index is 12.0. The number of hydrogen-bond acceptors (Lipinski definition) is 3. The van der Waals surface area contributed by atoms with Crippen molar-refractivity contribution in [3.05, 3.63) is 23.2 Å². The van der Waals surface area contributed by atoms with Gasteiger partial charge in [0.1, 0.15) is 4.60 Å². The normalized spacial score (nSPS) is 16.8. The molecule has 3 rings (SSSR count). The lowest BCUT2D eigenvalue weighted by Gasteiger charge is -2.08. The SMILES string of the molecule is C[C@H](C(=O)Nc1cn2cc(Br)ncc2n1)C1CC1. The van der Waals surface area contributed by atoms with E-state index in [1.54, 1.807) is 12.4 Å². The third kappa shape index (κ3) is 2.25. The molecule has 2 aromatic heterocycles. The van der Waals surface area contributed by atoms with E-state index in [2.05, 4.69) is 31.2 Å². The molecule has 0 saturated heterocycles. The Morgan fingerprint density at radius 2 is 2.33 bits per heavy atom. The second-order valence-corrected chi connectivity index (χ2v) is 5.53. The first-order valence-electron chi connectivity index (χ1n) is 5.94. The Morgan fingerprint density at radius 1 is 1.56 bits per heavy atom. The van der Waals surface area contributed by atoms with Gasteiger partial charge in [-0.15, -0.1) is 0 Å². The summed E-state index contributed by atoms with van der Waals surface area (Å²) in [5.41, 5.74) is 0.715. The van der Waals surface area contributed by atoms with Gasteiger partial charge in [0, 0.05) is 12.1 Å². The van der Waals surface area contributed by atoms with E-state index in [0.717, 1.165) is 17.4 Å². The van der Waals surface area contributed by atoms with Gasteiger partial charge in [0.25, 0.3) is 0 Å². The predicted molar refractivity (Wildman–Crippen MR) is 71.2 cm³/mol. The first kappa shape index (κ1) is 11.6. The number of anilines is 1. The molecule has 0 radical (unpaired) electrons. The molecule has 0 bridgehead atoms. The van der Waals surface area contributed by atoms with Crippen LogP contribution in [0.25, 0.3) is 5.65 Å². The zero-order valence-electron chi connectivity index (χ0n) is 9.93. The highest BCUT2D eigenvalue weighted by atomic mass is 79.9. The number of rotatable bonds is 3. The molecule has 18 heavy (non-hydrogen) atoms. The molecule has 0 spiro atoms. The van der Waals surface area contributed by atoms with Crippen molar-refractivity contribution in [2.45, 2.75) is 19.8 Å². The third-order valence-electron chi connectivity index (χ3n) is 3.30. The Bertz CT molecular complexity index is 605. The van der Waals surface area contributed by atoms with Crippen molar-refractivity contribution < 1.29 is 4.79 Å². The molecule has 1 saturated carbocycles. The summed E-state index contributed by atoms with van der Waals surface area (Å²) in [6, 6.07) is 0. The summed E-state index contributed by atoms with van der Waals surface area (Å²) >= 11 is 3.30. The van der Waals surface area contributed by atoms with E-state index in [0.29, 0.717) is 17.4 Å². The second kappa shape index (κ2) is 4.35. The summed E-state index contributed by atoms with van der Waals surface area (Å²) in [6.07, 6.45) is 7.58. The first-order valence-corrected chi connectivity index (χ1v) is 6.74. The second-order valence-electron chi connectivity index (χ2n) is 4.72. The zero-order valence-corrected chi connectivity index (χ0v) is 11.5. The molecule has 0 aliphatic heterocycles. The van der Waals surface area contributed by atoms with E-state index >= 15 is 0 Å². The molecule has 0 unspecified atom stereocenters. The van der Waals surface area contributed by atoms with E-state index in [1.807, 2.05) is 17.5 Å². The van der Waals surface area contributed by atoms with E-state index in [9.17, 15) is 4.79 Å². The fourth-order valence-corrected chi connectivity index (χ4v) is 2.31. The molecule has 5 nitrogen and oxygen atoms in total. The molecule has 1 fully saturated rings. The van der Waals surface area contributed by atoms with Gasteiger partial charge in [-0.3, -0.25) is 4.79 Å². The fraction of sp³-hybridized carbons (Fsp3) is 0.417. The van der Waals surface area contributed by atoms with Gasteiger partial charge in [0.2, 0.25) is 5.91 Å². The van der Waals surface area contributed by atoms with E-state index in [1.165, 1.54) is 0 Å². The fourth-order valence-electron chi connectivity index (χ4n) is 1.98. The van der Waals surface area contributed by atoms with Crippen molar-refractivity contribution in [3.8, 4) is 0 Å². The summed E-state index contributed by atoms with van der Waals surface area (Å²) in [5, 5.41) is 2.86. The highest BCUT2D eigenvalue weighted by Gasteiger charge is 2.32. The van der Waals surface area contributed by atoms with Crippen LogP contribution in [0.15, 0.2) is 23.2 Å². The number of nitrogens with zero attached hydrogens (tertiary/aromatic N) is 3. The summed E-state index contributed by atoms with van der Waals surface area (Å²) in [6.45, 7) is 1.97. The van der Waals surface area contributed by atoms with Crippen LogP contribution in [0.1, 0.15) is 19.8 Å². The number of carbonyl (C=O) groups is 1. The van der Waals surface area contributed by atoms with Crippen LogP contribution < -0.4 is 5.32 Å². The van der Waals surface area contributed by atoms with Crippen LogP contribution in [0.2, 0.25) is 0 Å². The van der Waals surface area contributed by atoms with E-state index in [-0.39, 0.29) is 11.8 Å². The van der Waals surface area contributed by atoms with Gasteiger partial charge >= 0.3 is 0 Å². The van der Waals surface area contributed by atoms with Gasteiger partial charge in [0.05, 0.1) is 12.4 Å². The van der Waals surface area contributed by atoms with Gasteiger partial charge in [-0.25, -0.2) is 9.97 Å². The Hall–Kier alpha value is -1.43. The van der Waals surface area contributed by atoms with Crippen LogP contribution in [0.5, 0.6) is 0 Å². The lowest BCUT2D eigenvalue weighted by Crippen LogP contribution is -2.21. The molecule has 1 aliphatic carbocycles. The first-order chi connectivity index (χ1) is 8.63. The number of amides is 1. The van der Waals surface area contributed by atoms with Crippen LogP contribution in [0, 0.1) is 11.8 Å². The molecule has 1 amide bonds. The molecular weight excluding hydrogens is 296 g/mol. The number of fused-ring (bicyclic) bond motifs is 1. The molecule has 1 aliphatic rings. The van der Waals surface area contributed by atoms with Gasteiger partial charge in [0.15, 0.2) is 11.5 Å². The summed E-state index contributed by atoms with van der Waals surface area (Å²) in [5.74, 6) is 1.25. The summed E-state index contributed by atoms with van der Waals surface area (Å²) in [4.78, 5) is 20.3. The molecule has 2 aromatic rings. The monoisotopic (exact) mass is 308 g/mol. The summed E-state index contributed by atoms with van der Waals surface area (Å²) in [7, 11) is 0. The van der Waals surface area contributed by atoms with Gasteiger partial charge in [-0.2, -0.15) is 0 Å². The third-order valence-corrected chi connectivity index (χ3v) is 3.71. The van der Waals surface area contributed by atoms with Gasteiger partial charge in [-0.1, -0.05) is 6.92 Å². The minimum Gasteiger partial charge on any atom is -0.309 e. The number of carbonyl (C=O) groups excluding carboxylic acids is 1. The van der Waals surface area contributed by atoms with Crippen LogP contribution >= 0.6 is 15.9 Å². The van der Waals surface area contributed by atoms with Crippen LogP contribution in [-0.4, -0.2) is 20.3 Å². The number of imidazole rings is 1. The van der Waals surface area contributed by atoms with Crippen molar-refractivity contribution in [2.75, 3.05) is 5.32 Å².